The van der Waals surface area contributed by atoms with Crippen LogP contribution in [0.1, 0.15) is 16.7 Å². The predicted octanol–water partition coefficient (Wildman–Crippen LogP) is 2.22. The standard InChI is InChI=1S/C30H29N3O6/c1-20-12-14-21(15-13-20)16-26(35)32-17-24-27(31-25(34)19-38-23-10-6-3-7-11-23)29(36)33(24)28(32)30(37)39-18-22-8-4-2-5-9-22/h2-15,24,27-28H,16-19H2,1H3,(H,31,34)/t24?,27-,28?/m0/s1. The summed E-state index contributed by atoms with van der Waals surface area (Å²) in [6, 6.07) is 24.2. The van der Waals surface area contributed by atoms with Crippen molar-refractivity contribution in [1.29, 1.82) is 0 Å². The Kier molecular flexibility index (Phi) is 7.58. The number of fused-ring (bicyclic) bond motifs is 1. The molecule has 2 aliphatic rings. The molecule has 9 heteroatoms. The van der Waals surface area contributed by atoms with Gasteiger partial charge in [0, 0.05) is 6.54 Å². The Bertz CT molecular complexity index is 1350. The first kappa shape index (κ1) is 26.0. The lowest BCUT2D eigenvalue weighted by atomic mass is 9.96. The number of carbonyl (C=O) groups is 4. The van der Waals surface area contributed by atoms with Gasteiger partial charge in [-0.1, -0.05) is 78.4 Å². The quantitative estimate of drug-likeness (QED) is 0.338. The van der Waals surface area contributed by atoms with Crippen LogP contribution in [0.4, 0.5) is 0 Å². The highest BCUT2D eigenvalue weighted by atomic mass is 16.5. The van der Waals surface area contributed by atoms with Crippen LogP contribution in [0.3, 0.4) is 0 Å². The summed E-state index contributed by atoms with van der Waals surface area (Å²) in [5.41, 5.74) is 2.65. The second-order valence-electron chi connectivity index (χ2n) is 9.64. The summed E-state index contributed by atoms with van der Waals surface area (Å²) in [6.07, 6.45) is -1.13. The molecule has 9 nitrogen and oxygen atoms in total. The normalized spacial score (nSPS) is 19.6. The van der Waals surface area contributed by atoms with E-state index in [2.05, 4.69) is 5.32 Å². The highest BCUT2D eigenvalue weighted by Gasteiger charge is 2.61. The molecule has 2 heterocycles. The van der Waals surface area contributed by atoms with Gasteiger partial charge in [0.1, 0.15) is 18.4 Å². The smallest absolute Gasteiger partial charge is 0.350 e. The van der Waals surface area contributed by atoms with Crippen molar-refractivity contribution in [1.82, 2.24) is 15.1 Å². The van der Waals surface area contributed by atoms with Crippen molar-refractivity contribution >= 4 is 23.7 Å². The largest absolute Gasteiger partial charge is 0.484 e. The number of carbonyl (C=O) groups excluding carboxylic acids is 4. The van der Waals surface area contributed by atoms with Crippen LogP contribution in [0.2, 0.25) is 0 Å². The molecule has 0 aromatic heterocycles. The molecule has 39 heavy (non-hydrogen) atoms. The molecule has 3 aromatic carbocycles. The summed E-state index contributed by atoms with van der Waals surface area (Å²) >= 11 is 0. The van der Waals surface area contributed by atoms with E-state index in [1.54, 1.807) is 24.3 Å². The van der Waals surface area contributed by atoms with Crippen molar-refractivity contribution in [2.24, 2.45) is 0 Å². The number of esters is 1. The van der Waals surface area contributed by atoms with E-state index in [-0.39, 0.29) is 32.1 Å². The van der Waals surface area contributed by atoms with Gasteiger partial charge in [0.05, 0.1) is 12.5 Å². The van der Waals surface area contributed by atoms with Gasteiger partial charge in [0.15, 0.2) is 6.61 Å². The number of aryl methyl sites for hydroxylation is 1. The monoisotopic (exact) mass is 527 g/mol. The summed E-state index contributed by atoms with van der Waals surface area (Å²) in [7, 11) is 0. The topological polar surface area (TPSA) is 105 Å². The third kappa shape index (κ3) is 5.77. The van der Waals surface area contributed by atoms with Gasteiger partial charge >= 0.3 is 5.97 Å². The maximum atomic E-state index is 13.4. The van der Waals surface area contributed by atoms with Crippen molar-refractivity contribution in [2.75, 3.05) is 13.2 Å². The van der Waals surface area contributed by atoms with Gasteiger partial charge in [-0.05, 0) is 30.2 Å². The van der Waals surface area contributed by atoms with E-state index in [0.717, 1.165) is 16.7 Å². The number of β-lactam (4-membered cyclic amide) rings is 1. The number of para-hydroxylation sites is 1. The van der Waals surface area contributed by atoms with Gasteiger partial charge in [0.2, 0.25) is 18.0 Å². The number of rotatable bonds is 9. The van der Waals surface area contributed by atoms with E-state index in [0.29, 0.717) is 5.75 Å². The maximum Gasteiger partial charge on any atom is 0.350 e. The Hall–Kier alpha value is -4.66. The van der Waals surface area contributed by atoms with Crippen LogP contribution in [-0.4, -0.2) is 64.9 Å². The Balaban J connectivity index is 1.28. The molecule has 0 radical (unpaired) electrons. The zero-order valence-corrected chi connectivity index (χ0v) is 21.5. The fourth-order valence-corrected chi connectivity index (χ4v) is 4.82. The Morgan fingerprint density at radius 2 is 1.56 bits per heavy atom. The molecule has 200 valence electrons. The lowest BCUT2D eigenvalue weighted by Crippen LogP contribution is -2.71. The molecule has 2 saturated heterocycles. The van der Waals surface area contributed by atoms with Crippen molar-refractivity contribution < 1.29 is 28.7 Å². The SMILES string of the molecule is Cc1ccc(CC(=O)N2CC3[C@H](NC(=O)COc4ccccc4)C(=O)N3C2C(=O)OCc2ccccc2)cc1. The molecule has 3 amide bonds. The van der Waals surface area contributed by atoms with Gasteiger partial charge < -0.3 is 24.6 Å². The third-order valence-corrected chi connectivity index (χ3v) is 6.87. The van der Waals surface area contributed by atoms with Gasteiger partial charge in [0.25, 0.3) is 5.91 Å². The minimum atomic E-state index is -1.20. The van der Waals surface area contributed by atoms with Gasteiger partial charge in [-0.2, -0.15) is 0 Å². The number of hydrogen-bond donors (Lipinski definition) is 1. The first-order valence-corrected chi connectivity index (χ1v) is 12.8. The van der Waals surface area contributed by atoms with Crippen molar-refractivity contribution in [3.63, 3.8) is 0 Å². The Labute approximate surface area is 226 Å². The third-order valence-electron chi connectivity index (χ3n) is 6.87. The van der Waals surface area contributed by atoms with E-state index in [1.165, 1.54) is 9.80 Å². The van der Waals surface area contributed by atoms with Crippen molar-refractivity contribution in [3.8, 4) is 5.75 Å². The molecular formula is C30H29N3O6. The average molecular weight is 528 g/mol. The molecule has 0 bridgehead atoms. The van der Waals surface area contributed by atoms with E-state index < -0.39 is 36.0 Å². The fourth-order valence-electron chi connectivity index (χ4n) is 4.82. The molecular weight excluding hydrogens is 498 g/mol. The van der Waals surface area contributed by atoms with Crippen molar-refractivity contribution in [3.05, 3.63) is 102 Å². The molecule has 1 N–H and O–H groups in total. The van der Waals surface area contributed by atoms with E-state index in [1.807, 2.05) is 67.6 Å². The highest BCUT2D eigenvalue weighted by Crippen LogP contribution is 2.34. The zero-order chi connectivity index (χ0) is 27.4. The lowest BCUT2D eigenvalue weighted by Gasteiger charge is -2.43. The fraction of sp³-hybridized carbons (Fsp3) is 0.267. The molecule has 3 atom stereocenters. The molecule has 0 saturated carbocycles. The minimum Gasteiger partial charge on any atom is -0.484 e. The number of nitrogens with zero attached hydrogens (tertiary/aromatic N) is 2. The molecule has 0 aliphatic carbocycles. The van der Waals surface area contributed by atoms with E-state index in [9.17, 15) is 19.2 Å². The first-order chi connectivity index (χ1) is 18.9. The van der Waals surface area contributed by atoms with Crippen LogP contribution >= 0.6 is 0 Å². The second-order valence-corrected chi connectivity index (χ2v) is 9.64. The van der Waals surface area contributed by atoms with E-state index in [4.69, 9.17) is 9.47 Å². The molecule has 0 spiro atoms. The molecule has 5 rings (SSSR count). The van der Waals surface area contributed by atoms with Gasteiger partial charge in [-0.3, -0.25) is 14.4 Å². The number of hydrogen-bond acceptors (Lipinski definition) is 6. The van der Waals surface area contributed by atoms with Crippen LogP contribution in [0, 0.1) is 6.92 Å². The molecule has 3 aromatic rings. The number of nitrogens with one attached hydrogen (secondary N) is 1. The summed E-state index contributed by atoms with van der Waals surface area (Å²) in [6.45, 7) is 1.81. The van der Waals surface area contributed by atoms with Crippen LogP contribution in [0.5, 0.6) is 5.75 Å². The van der Waals surface area contributed by atoms with Gasteiger partial charge in [-0.15, -0.1) is 0 Å². The Morgan fingerprint density at radius 1 is 0.897 bits per heavy atom. The predicted molar refractivity (Wildman–Crippen MR) is 141 cm³/mol. The van der Waals surface area contributed by atoms with Crippen molar-refractivity contribution in [2.45, 2.75) is 38.2 Å². The van der Waals surface area contributed by atoms with Crippen LogP contribution < -0.4 is 10.1 Å². The van der Waals surface area contributed by atoms with E-state index >= 15 is 0 Å². The lowest BCUT2D eigenvalue weighted by molar-refractivity contribution is -0.170. The second kappa shape index (κ2) is 11.4. The first-order valence-electron chi connectivity index (χ1n) is 12.8. The van der Waals surface area contributed by atoms with Crippen LogP contribution in [0.15, 0.2) is 84.9 Å². The molecule has 2 unspecified atom stereocenters. The number of benzene rings is 3. The van der Waals surface area contributed by atoms with Gasteiger partial charge in [-0.25, -0.2) is 4.79 Å². The average Bonchev–Trinajstić information content (AvgIpc) is 3.32. The Morgan fingerprint density at radius 3 is 2.26 bits per heavy atom. The molecule has 2 aliphatic heterocycles. The zero-order valence-electron chi connectivity index (χ0n) is 21.5. The number of amides is 3. The summed E-state index contributed by atoms with van der Waals surface area (Å²) < 4.78 is 11.0. The molecule has 2 fully saturated rings. The highest BCUT2D eigenvalue weighted by molar-refractivity contribution is 5.99. The number of ether oxygens (including phenoxy) is 2. The van der Waals surface area contributed by atoms with Crippen LogP contribution in [-0.2, 0) is 36.9 Å². The van der Waals surface area contributed by atoms with Crippen LogP contribution in [0.25, 0.3) is 0 Å². The summed E-state index contributed by atoms with van der Waals surface area (Å²) in [5.74, 6) is -1.38. The maximum absolute atomic E-state index is 13.4. The summed E-state index contributed by atoms with van der Waals surface area (Å²) in [4.78, 5) is 55.0. The minimum absolute atomic E-state index is 0.0137. The summed E-state index contributed by atoms with van der Waals surface area (Å²) in [5, 5.41) is 2.70.